The number of hydrogen-bond acceptors (Lipinski definition) is 3. The standard InChI is InChI=1S/C13H18ClFN2O2S.ClH/c1-13(5-7-16-8-6-13)9-17-20(18,19)11-4-2-3-10(14)12(11)15;/h2-4,16-17H,5-9H2,1H3;1H. The third kappa shape index (κ3) is 4.53. The summed E-state index contributed by atoms with van der Waals surface area (Å²) in [6.07, 6.45) is 1.76. The second-order valence-electron chi connectivity index (χ2n) is 5.44. The van der Waals surface area contributed by atoms with E-state index < -0.39 is 20.7 Å². The molecule has 2 rings (SSSR count). The van der Waals surface area contributed by atoms with Crippen LogP contribution < -0.4 is 10.0 Å². The van der Waals surface area contributed by atoms with Crippen molar-refractivity contribution < 1.29 is 12.8 Å². The van der Waals surface area contributed by atoms with Crippen LogP contribution in [-0.2, 0) is 10.0 Å². The van der Waals surface area contributed by atoms with E-state index in [9.17, 15) is 12.8 Å². The molecule has 8 heteroatoms. The van der Waals surface area contributed by atoms with Crippen molar-refractivity contribution in [2.75, 3.05) is 19.6 Å². The van der Waals surface area contributed by atoms with Crippen LogP contribution in [0.4, 0.5) is 4.39 Å². The Morgan fingerprint density at radius 2 is 2.00 bits per heavy atom. The summed E-state index contributed by atoms with van der Waals surface area (Å²) >= 11 is 5.62. The quantitative estimate of drug-likeness (QED) is 0.871. The van der Waals surface area contributed by atoms with Crippen molar-refractivity contribution in [1.82, 2.24) is 10.0 Å². The molecule has 120 valence electrons. The molecule has 1 aliphatic heterocycles. The van der Waals surface area contributed by atoms with Gasteiger partial charge in [0.2, 0.25) is 10.0 Å². The minimum Gasteiger partial charge on any atom is -0.317 e. The van der Waals surface area contributed by atoms with E-state index in [1.807, 2.05) is 6.92 Å². The maximum Gasteiger partial charge on any atom is 0.243 e. The van der Waals surface area contributed by atoms with Crippen LogP contribution in [0.25, 0.3) is 0 Å². The fraction of sp³-hybridized carbons (Fsp3) is 0.538. The smallest absolute Gasteiger partial charge is 0.243 e. The van der Waals surface area contributed by atoms with Gasteiger partial charge in [-0.3, -0.25) is 0 Å². The van der Waals surface area contributed by atoms with Gasteiger partial charge in [0, 0.05) is 6.54 Å². The van der Waals surface area contributed by atoms with Crippen LogP contribution >= 0.6 is 24.0 Å². The topological polar surface area (TPSA) is 58.2 Å². The van der Waals surface area contributed by atoms with Crippen molar-refractivity contribution >= 4 is 34.0 Å². The van der Waals surface area contributed by atoms with Crippen LogP contribution in [0, 0.1) is 11.2 Å². The summed E-state index contributed by atoms with van der Waals surface area (Å²) in [5.41, 5.74) is -0.104. The predicted octanol–water partition coefficient (Wildman–Crippen LogP) is 2.57. The van der Waals surface area contributed by atoms with E-state index >= 15 is 0 Å². The van der Waals surface area contributed by atoms with Crippen LogP contribution in [-0.4, -0.2) is 28.1 Å². The van der Waals surface area contributed by atoms with Gasteiger partial charge in [-0.15, -0.1) is 12.4 Å². The number of halogens is 3. The molecule has 0 saturated carbocycles. The van der Waals surface area contributed by atoms with Crippen molar-refractivity contribution in [2.24, 2.45) is 5.41 Å². The first kappa shape index (κ1) is 18.6. The largest absolute Gasteiger partial charge is 0.317 e. The van der Waals surface area contributed by atoms with E-state index in [0.717, 1.165) is 25.9 Å². The molecule has 0 bridgehead atoms. The molecule has 1 fully saturated rings. The first-order valence-electron chi connectivity index (χ1n) is 6.48. The van der Waals surface area contributed by atoms with Crippen LogP contribution in [0.15, 0.2) is 23.1 Å². The van der Waals surface area contributed by atoms with Crippen molar-refractivity contribution in [1.29, 1.82) is 0 Å². The number of rotatable bonds is 4. The molecule has 1 saturated heterocycles. The van der Waals surface area contributed by atoms with Crippen molar-refractivity contribution in [2.45, 2.75) is 24.7 Å². The number of benzene rings is 1. The van der Waals surface area contributed by atoms with Crippen molar-refractivity contribution in [3.63, 3.8) is 0 Å². The summed E-state index contributed by atoms with van der Waals surface area (Å²) in [6, 6.07) is 3.96. The summed E-state index contributed by atoms with van der Waals surface area (Å²) in [5, 5.41) is 3.04. The Hall–Kier alpha value is -0.400. The molecule has 0 radical (unpaired) electrons. The monoisotopic (exact) mass is 356 g/mol. The molecule has 1 aliphatic rings. The molecular weight excluding hydrogens is 338 g/mol. The second-order valence-corrected chi connectivity index (χ2v) is 7.58. The van der Waals surface area contributed by atoms with Crippen LogP contribution in [0.1, 0.15) is 19.8 Å². The average Bonchev–Trinajstić information content (AvgIpc) is 2.41. The first-order chi connectivity index (χ1) is 9.34. The second kappa shape index (κ2) is 7.24. The lowest BCUT2D eigenvalue weighted by molar-refractivity contribution is 0.232. The Morgan fingerprint density at radius 1 is 1.38 bits per heavy atom. The van der Waals surface area contributed by atoms with Crippen LogP contribution in [0.5, 0.6) is 0 Å². The van der Waals surface area contributed by atoms with Gasteiger partial charge in [-0.25, -0.2) is 17.5 Å². The van der Waals surface area contributed by atoms with Crippen LogP contribution in [0.3, 0.4) is 0 Å². The first-order valence-corrected chi connectivity index (χ1v) is 8.35. The lowest BCUT2D eigenvalue weighted by Gasteiger charge is -2.34. The molecular formula is C13H19Cl2FN2O2S. The fourth-order valence-electron chi connectivity index (χ4n) is 2.25. The lowest BCUT2D eigenvalue weighted by Crippen LogP contribution is -2.43. The maximum atomic E-state index is 13.8. The van der Waals surface area contributed by atoms with E-state index in [1.54, 1.807) is 0 Å². The Balaban J connectivity index is 0.00000220. The minimum absolute atomic E-state index is 0. The van der Waals surface area contributed by atoms with E-state index in [4.69, 9.17) is 11.6 Å². The van der Waals surface area contributed by atoms with E-state index in [2.05, 4.69) is 10.0 Å². The normalized spacial score (nSPS) is 18.0. The van der Waals surface area contributed by atoms with Crippen LogP contribution in [0.2, 0.25) is 5.02 Å². The zero-order valence-electron chi connectivity index (χ0n) is 11.7. The van der Waals surface area contributed by atoms with E-state index in [-0.39, 0.29) is 22.8 Å². The molecule has 0 aromatic heterocycles. The van der Waals surface area contributed by atoms with Gasteiger partial charge in [-0.1, -0.05) is 24.6 Å². The molecule has 21 heavy (non-hydrogen) atoms. The highest BCUT2D eigenvalue weighted by atomic mass is 35.5. The highest BCUT2D eigenvalue weighted by Gasteiger charge is 2.29. The number of nitrogens with one attached hydrogen (secondary N) is 2. The zero-order chi connectivity index (χ0) is 14.8. The summed E-state index contributed by atoms with van der Waals surface area (Å²) in [6.45, 7) is 4.06. The van der Waals surface area contributed by atoms with E-state index in [1.165, 1.54) is 18.2 Å². The minimum atomic E-state index is -3.88. The van der Waals surface area contributed by atoms with Gasteiger partial charge in [0.1, 0.15) is 4.90 Å². The van der Waals surface area contributed by atoms with Crippen molar-refractivity contribution in [3.05, 3.63) is 29.0 Å². The SMILES string of the molecule is CC1(CNS(=O)(=O)c2cccc(Cl)c2F)CCNCC1.Cl. The molecule has 1 heterocycles. The van der Waals surface area contributed by atoms with Gasteiger partial charge in [-0.2, -0.15) is 0 Å². The summed E-state index contributed by atoms with van der Waals surface area (Å²) < 4.78 is 40.6. The molecule has 4 nitrogen and oxygen atoms in total. The van der Waals surface area contributed by atoms with Gasteiger partial charge < -0.3 is 5.32 Å². The molecule has 0 aliphatic carbocycles. The average molecular weight is 357 g/mol. The molecule has 0 amide bonds. The Bertz CT molecular complexity index is 590. The number of hydrogen-bond donors (Lipinski definition) is 2. The van der Waals surface area contributed by atoms with Gasteiger partial charge in [0.15, 0.2) is 5.82 Å². The maximum absolute atomic E-state index is 13.8. The third-order valence-corrected chi connectivity index (χ3v) is 5.42. The summed E-state index contributed by atoms with van der Waals surface area (Å²) in [5.74, 6) is -0.905. The van der Waals surface area contributed by atoms with Gasteiger partial charge >= 0.3 is 0 Å². The molecule has 0 unspecified atom stereocenters. The number of piperidine rings is 1. The fourth-order valence-corrected chi connectivity index (χ4v) is 3.77. The van der Waals surface area contributed by atoms with Crippen molar-refractivity contribution in [3.8, 4) is 0 Å². The Labute approximate surface area is 135 Å². The lowest BCUT2D eigenvalue weighted by atomic mass is 9.81. The van der Waals surface area contributed by atoms with Gasteiger partial charge in [-0.05, 0) is 43.5 Å². The Kier molecular flexibility index (Phi) is 6.43. The summed E-state index contributed by atoms with van der Waals surface area (Å²) in [4.78, 5) is -0.400. The molecule has 1 aromatic rings. The highest BCUT2D eigenvalue weighted by molar-refractivity contribution is 7.89. The zero-order valence-corrected chi connectivity index (χ0v) is 14.0. The summed E-state index contributed by atoms with van der Waals surface area (Å²) in [7, 11) is -3.88. The molecule has 2 N–H and O–H groups in total. The number of sulfonamides is 1. The third-order valence-electron chi connectivity index (χ3n) is 3.71. The van der Waals surface area contributed by atoms with Gasteiger partial charge in [0.05, 0.1) is 5.02 Å². The molecule has 0 spiro atoms. The Morgan fingerprint density at radius 3 is 2.62 bits per heavy atom. The van der Waals surface area contributed by atoms with E-state index in [0.29, 0.717) is 6.54 Å². The highest BCUT2D eigenvalue weighted by Crippen LogP contribution is 2.28. The predicted molar refractivity (Wildman–Crippen MR) is 84.1 cm³/mol. The van der Waals surface area contributed by atoms with Gasteiger partial charge in [0.25, 0.3) is 0 Å². The molecule has 0 atom stereocenters. The molecule has 1 aromatic carbocycles.